The molecule has 1 rings (SSSR count). The van der Waals surface area contributed by atoms with Crippen LogP contribution in [0.2, 0.25) is 0 Å². The van der Waals surface area contributed by atoms with Crippen LogP contribution in [0.4, 0.5) is 0 Å². The maximum atomic E-state index is 4.76. The van der Waals surface area contributed by atoms with Crippen molar-refractivity contribution in [1.82, 2.24) is 4.98 Å². The summed E-state index contributed by atoms with van der Waals surface area (Å²) in [4.78, 5) is 2.85. The first kappa shape index (κ1) is 13.0. The molecule has 1 aromatic heterocycles. The monoisotopic (exact) mass is 171 g/mol. The van der Waals surface area contributed by atoms with Gasteiger partial charge in [0.05, 0.1) is 0 Å². The van der Waals surface area contributed by atoms with Crippen molar-refractivity contribution >= 4 is 12.2 Å². The highest BCUT2D eigenvalue weighted by atomic mass is 32.1. The molecule has 1 nitrogen and oxygen atoms in total. The maximum absolute atomic E-state index is 4.76. The summed E-state index contributed by atoms with van der Waals surface area (Å²) in [5.74, 6) is 0. The van der Waals surface area contributed by atoms with Crippen LogP contribution in [0, 0.1) is 4.64 Å². The number of hydrogen-bond donors (Lipinski definition) is 1. The Labute approximate surface area is 74.5 Å². The zero-order valence-electron chi connectivity index (χ0n) is 7.72. The molecule has 0 spiro atoms. The van der Waals surface area contributed by atoms with Crippen LogP contribution in [0.25, 0.3) is 0 Å². The minimum Gasteiger partial charge on any atom is -0.353 e. The molecule has 0 aliphatic heterocycles. The minimum absolute atomic E-state index is 0.780. The first-order valence-electron chi connectivity index (χ1n) is 4.03. The lowest BCUT2D eigenvalue weighted by atomic mass is 10.5. The maximum Gasteiger partial charge on any atom is 0.103 e. The lowest BCUT2D eigenvalue weighted by molar-refractivity contribution is 1.30. The standard InChI is InChI=1S/C5H5NS.2C2H6/c7-5-3-1-2-4-6-5;2*1-2/h1-4H,(H,6,7);2*1-2H3. The number of H-pyrrole nitrogens is 1. The fourth-order valence-corrected chi connectivity index (χ4v) is 0.523. The third-order valence-corrected chi connectivity index (χ3v) is 0.934. The highest BCUT2D eigenvalue weighted by Gasteiger charge is 1.65. The molecule has 0 aliphatic rings. The predicted molar refractivity (Wildman–Crippen MR) is 54.3 cm³/mol. The van der Waals surface area contributed by atoms with E-state index >= 15 is 0 Å². The molecule has 1 aromatic rings. The smallest absolute Gasteiger partial charge is 0.103 e. The van der Waals surface area contributed by atoms with Gasteiger partial charge in [0.2, 0.25) is 0 Å². The topological polar surface area (TPSA) is 15.8 Å². The number of aromatic nitrogens is 1. The van der Waals surface area contributed by atoms with Crippen LogP contribution in [0.15, 0.2) is 24.4 Å². The van der Waals surface area contributed by atoms with Crippen molar-refractivity contribution in [3.63, 3.8) is 0 Å². The zero-order valence-corrected chi connectivity index (χ0v) is 8.53. The van der Waals surface area contributed by atoms with E-state index in [0.717, 1.165) is 4.64 Å². The van der Waals surface area contributed by atoms with Crippen molar-refractivity contribution in [3.8, 4) is 0 Å². The Balaban J connectivity index is 0. The van der Waals surface area contributed by atoms with E-state index in [9.17, 15) is 0 Å². The van der Waals surface area contributed by atoms with Gasteiger partial charge >= 0.3 is 0 Å². The lowest BCUT2D eigenvalue weighted by Gasteiger charge is -1.76. The Morgan fingerprint density at radius 2 is 1.64 bits per heavy atom. The van der Waals surface area contributed by atoms with Gasteiger partial charge in [-0.15, -0.1) is 0 Å². The molecule has 0 amide bonds. The summed E-state index contributed by atoms with van der Waals surface area (Å²) in [6.07, 6.45) is 1.81. The number of pyridine rings is 1. The molecular formula is C9H17NS. The Hall–Kier alpha value is -0.630. The molecule has 1 N–H and O–H groups in total. The summed E-state index contributed by atoms with van der Waals surface area (Å²) in [5.41, 5.74) is 0. The first-order chi connectivity index (χ1) is 5.39. The second-order valence-electron chi connectivity index (χ2n) is 1.23. The van der Waals surface area contributed by atoms with Crippen LogP contribution in [-0.4, -0.2) is 4.98 Å². The Kier molecular flexibility index (Phi) is 14.3. The molecule has 1 heterocycles. The van der Waals surface area contributed by atoms with E-state index in [-0.39, 0.29) is 0 Å². The van der Waals surface area contributed by atoms with Crippen LogP contribution in [-0.2, 0) is 0 Å². The second-order valence-corrected chi connectivity index (χ2v) is 1.67. The van der Waals surface area contributed by atoms with Crippen molar-refractivity contribution in [2.24, 2.45) is 0 Å². The molecule has 0 saturated heterocycles. The molecule has 0 saturated carbocycles. The van der Waals surface area contributed by atoms with Crippen LogP contribution < -0.4 is 0 Å². The number of aromatic amines is 1. The lowest BCUT2D eigenvalue weighted by Crippen LogP contribution is -1.64. The van der Waals surface area contributed by atoms with Gasteiger partial charge in [-0.25, -0.2) is 0 Å². The van der Waals surface area contributed by atoms with Crippen LogP contribution in [0.5, 0.6) is 0 Å². The SMILES string of the molecule is CC.CC.S=c1cccc[nH]1. The van der Waals surface area contributed by atoms with Gasteiger partial charge in [0, 0.05) is 6.20 Å². The van der Waals surface area contributed by atoms with Crippen molar-refractivity contribution in [2.45, 2.75) is 27.7 Å². The summed E-state index contributed by atoms with van der Waals surface area (Å²) in [7, 11) is 0. The van der Waals surface area contributed by atoms with Crippen molar-refractivity contribution in [1.29, 1.82) is 0 Å². The van der Waals surface area contributed by atoms with Gasteiger partial charge in [0.15, 0.2) is 0 Å². The van der Waals surface area contributed by atoms with Crippen LogP contribution >= 0.6 is 12.2 Å². The molecule has 0 atom stereocenters. The Morgan fingerprint density at radius 3 is 1.82 bits per heavy atom. The third-order valence-electron chi connectivity index (χ3n) is 0.681. The van der Waals surface area contributed by atoms with Crippen molar-refractivity contribution < 1.29 is 0 Å². The van der Waals surface area contributed by atoms with E-state index in [1.54, 1.807) is 0 Å². The van der Waals surface area contributed by atoms with Gasteiger partial charge < -0.3 is 4.98 Å². The molecular weight excluding hydrogens is 154 g/mol. The van der Waals surface area contributed by atoms with Gasteiger partial charge in [0.1, 0.15) is 4.64 Å². The number of nitrogens with one attached hydrogen (secondary N) is 1. The van der Waals surface area contributed by atoms with Gasteiger partial charge in [-0.05, 0) is 12.1 Å². The zero-order chi connectivity index (χ0) is 9.11. The molecule has 2 heteroatoms. The summed E-state index contributed by atoms with van der Waals surface area (Å²) in [6, 6.07) is 5.64. The van der Waals surface area contributed by atoms with Gasteiger partial charge in [-0.1, -0.05) is 46.0 Å². The average Bonchev–Trinajstić information content (AvgIpc) is 2.13. The fourth-order valence-electron chi connectivity index (χ4n) is 0.377. The summed E-state index contributed by atoms with van der Waals surface area (Å²) < 4.78 is 0.780. The minimum atomic E-state index is 0.780. The van der Waals surface area contributed by atoms with E-state index in [2.05, 4.69) is 4.98 Å². The van der Waals surface area contributed by atoms with Crippen molar-refractivity contribution in [3.05, 3.63) is 29.0 Å². The first-order valence-corrected chi connectivity index (χ1v) is 4.44. The average molecular weight is 171 g/mol. The molecule has 0 aliphatic carbocycles. The van der Waals surface area contributed by atoms with E-state index in [1.807, 2.05) is 52.1 Å². The van der Waals surface area contributed by atoms with E-state index in [1.165, 1.54) is 0 Å². The highest BCUT2D eigenvalue weighted by Crippen LogP contribution is 1.80. The van der Waals surface area contributed by atoms with Crippen LogP contribution in [0.1, 0.15) is 27.7 Å². The second kappa shape index (κ2) is 12.1. The van der Waals surface area contributed by atoms with Gasteiger partial charge in [-0.3, -0.25) is 0 Å². The molecule has 0 radical (unpaired) electrons. The molecule has 0 unspecified atom stereocenters. The molecule has 64 valence electrons. The molecule has 0 aromatic carbocycles. The van der Waals surface area contributed by atoms with Gasteiger partial charge in [-0.2, -0.15) is 0 Å². The van der Waals surface area contributed by atoms with E-state index in [0.29, 0.717) is 0 Å². The van der Waals surface area contributed by atoms with Crippen molar-refractivity contribution in [2.75, 3.05) is 0 Å². The predicted octanol–water partition coefficient (Wildman–Crippen LogP) is 3.80. The molecule has 0 fully saturated rings. The summed E-state index contributed by atoms with van der Waals surface area (Å²) in [5, 5.41) is 0. The summed E-state index contributed by atoms with van der Waals surface area (Å²) in [6.45, 7) is 8.00. The quantitative estimate of drug-likeness (QED) is 0.587. The fraction of sp³-hybridized carbons (Fsp3) is 0.444. The number of hydrogen-bond acceptors (Lipinski definition) is 1. The van der Waals surface area contributed by atoms with Crippen LogP contribution in [0.3, 0.4) is 0 Å². The Morgan fingerprint density at radius 1 is 1.09 bits per heavy atom. The largest absolute Gasteiger partial charge is 0.353 e. The van der Waals surface area contributed by atoms with Gasteiger partial charge in [0.25, 0.3) is 0 Å². The number of rotatable bonds is 0. The third kappa shape index (κ3) is 9.37. The summed E-state index contributed by atoms with van der Waals surface area (Å²) >= 11 is 4.76. The Bertz CT molecular complexity index is 175. The van der Waals surface area contributed by atoms with E-state index < -0.39 is 0 Å². The highest BCUT2D eigenvalue weighted by molar-refractivity contribution is 7.71. The molecule has 11 heavy (non-hydrogen) atoms. The van der Waals surface area contributed by atoms with E-state index in [4.69, 9.17) is 12.2 Å². The normalized spacial score (nSPS) is 6.55. The molecule has 0 bridgehead atoms.